The molecule has 0 aliphatic carbocycles. The van der Waals surface area contributed by atoms with Crippen LogP contribution < -0.4 is 15.5 Å². The van der Waals surface area contributed by atoms with Crippen molar-refractivity contribution in [3.63, 3.8) is 0 Å². The van der Waals surface area contributed by atoms with Gasteiger partial charge in [-0.1, -0.05) is 23.5 Å². The van der Waals surface area contributed by atoms with Gasteiger partial charge in [0.15, 0.2) is 9.34 Å². The van der Waals surface area contributed by atoms with Crippen molar-refractivity contribution in [1.29, 1.82) is 0 Å². The second-order valence-electron chi connectivity index (χ2n) is 7.62. The molecule has 1 aromatic heterocycles. The molecule has 178 valence electrons. The molecule has 3 aromatic rings. The first-order valence-electron chi connectivity index (χ1n) is 9.84. The van der Waals surface area contributed by atoms with E-state index in [-0.39, 0.29) is 29.5 Å². The molecule has 4 rings (SSSR count). The third-order valence-electron chi connectivity index (χ3n) is 5.30. The van der Waals surface area contributed by atoms with E-state index in [9.17, 15) is 31.3 Å². The Morgan fingerprint density at radius 3 is 2.38 bits per heavy atom. The number of thiazole rings is 1. The van der Waals surface area contributed by atoms with Crippen molar-refractivity contribution in [2.45, 2.75) is 11.1 Å². The number of halogens is 2. The van der Waals surface area contributed by atoms with Crippen LogP contribution in [0.25, 0.3) is 11.1 Å². The predicted octanol–water partition coefficient (Wildman–Crippen LogP) is 3.19. The molecule has 1 saturated heterocycles. The van der Waals surface area contributed by atoms with E-state index in [0.717, 1.165) is 23.1 Å². The zero-order valence-electron chi connectivity index (χ0n) is 17.6. The number of aryl methyl sites for hydroxylation is 1. The number of rotatable bonds is 5. The lowest BCUT2D eigenvalue weighted by atomic mass is 10.0. The number of nitrogens with zero attached hydrogens (tertiary/aromatic N) is 3. The van der Waals surface area contributed by atoms with Crippen LogP contribution in [0.2, 0.25) is 0 Å². The molecule has 1 atom stereocenters. The third-order valence-corrected chi connectivity index (χ3v) is 7.92. The monoisotopic (exact) mass is 508 g/mol. The van der Waals surface area contributed by atoms with Gasteiger partial charge in [-0.25, -0.2) is 18.6 Å². The highest BCUT2D eigenvalue weighted by Crippen LogP contribution is 2.34. The third kappa shape index (κ3) is 4.49. The Bertz CT molecular complexity index is 1390. The summed E-state index contributed by atoms with van der Waals surface area (Å²) in [6.45, 7) is 1.19. The molecule has 0 spiro atoms. The number of urea groups is 1. The Kier molecular flexibility index (Phi) is 6.10. The summed E-state index contributed by atoms with van der Waals surface area (Å²) in [5.41, 5.74) is 6.27. The van der Waals surface area contributed by atoms with Crippen LogP contribution in [0, 0.1) is 24.5 Å². The fourth-order valence-electron chi connectivity index (χ4n) is 3.62. The molecule has 13 heteroatoms. The van der Waals surface area contributed by atoms with Crippen molar-refractivity contribution >= 4 is 44.2 Å². The molecule has 2 heterocycles. The van der Waals surface area contributed by atoms with Crippen LogP contribution in [-0.2, 0) is 14.9 Å². The molecule has 1 fully saturated rings. The maximum absolute atomic E-state index is 14.1. The number of hydrogen-bond acceptors (Lipinski definition) is 6. The minimum Gasteiger partial charge on any atom is -0.369 e. The summed E-state index contributed by atoms with van der Waals surface area (Å²) in [6, 6.07) is 8.50. The number of primary amides is 1. The Balaban J connectivity index is 1.69. The number of anilines is 2. The van der Waals surface area contributed by atoms with Gasteiger partial charge in [0.05, 0.1) is 11.6 Å². The van der Waals surface area contributed by atoms with Crippen LogP contribution in [0.3, 0.4) is 0 Å². The van der Waals surface area contributed by atoms with Crippen LogP contribution in [0.4, 0.5) is 24.4 Å². The van der Waals surface area contributed by atoms with Crippen molar-refractivity contribution in [1.82, 2.24) is 4.98 Å². The first kappa shape index (κ1) is 23.7. The topological polar surface area (TPSA) is 134 Å². The van der Waals surface area contributed by atoms with Crippen LogP contribution >= 0.6 is 11.3 Å². The molecule has 34 heavy (non-hydrogen) atoms. The van der Waals surface area contributed by atoms with E-state index in [1.165, 1.54) is 36.1 Å². The number of carbonyl (C=O) groups is 2. The molecular weight excluding hydrogens is 490 g/mol. The summed E-state index contributed by atoms with van der Waals surface area (Å²) >= 11 is 0.590. The number of carbonyl (C=O) groups excluding carboxylic acids is 2. The zero-order valence-corrected chi connectivity index (χ0v) is 19.2. The second kappa shape index (κ2) is 8.74. The summed E-state index contributed by atoms with van der Waals surface area (Å²) in [7, 11) is -4.55. The molecule has 1 aliphatic rings. The summed E-state index contributed by atoms with van der Waals surface area (Å²) in [5, 5.41) is -0.0236. The van der Waals surface area contributed by atoms with Crippen molar-refractivity contribution in [3.8, 4) is 11.1 Å². The summed E-state index contributed by atoms with van der Waals surface area (Å²) in [6.07, 6.45) is 0. The SMILES string of the molecule is Cc1nc(N2CC(C(N)=O)CN(c3ccc(-c4cc(F)ccc4F)cc3)C2=O)sc1S(=O)(=O)O. The van der Waals surface area contributed by atoms with Gasteiger partial charge in [-0.3, -0.25) is 19.1 Å². The Morgan fingerprint density at radius 2 is 1.79 bits per heavy atom. The van der Waals surface area contributed by atoms with Gasteiger partial charge in [0.25, 0.3) is 0 Å². The highest BCUT2D eigenvalue weighted by molar-refractivity contribution is 7.88. The lowest BCUT2D eigenvalue weighted by molar-refractivity contribution is -0.121. The molecule has 0 radical (unpaired) electrons. The van der Waals surface area contributed by atoms with Gasteiger partial charge < -0.3 is 5.73 Å². The predicted molar refractivity (Wildman–Crippen MR) is 121 cm³/mol. The van der Waals surface area contributed by atoms with Gasteiger partial charge in [0, 0.05) is 24.3 Å². The van der Waals surface area contributed by atoms with E-state index in [1.54, 1.807) is 0 Å². The molecule has 9 nitrogen and oxygen atoms in total. The van der Waals surface area contributed by atoms with Crippen molar-refractivity contribution in [2.24, 2.45) is 11.7 Å². The summed E-state index contributed by atoms with van der Waals surface area (Å²) in [4.78, 5) is 31.7. The minimum atomic E-state index is -4.55. The fourth-order valence-corrected chi connectivity index (χ4v) is 5.49. The van der Waals surface area contributed by atoms with Crippen LogP contribution in [-0.4, -0.2) is 43.0 Å². The van der Waals surface area contributed by atoms with Gasteiger partial charge in [-0.05, 0) is 42.8 Å². The molecule has 3 amide bonds. The van der Waals surface area contributed by atoms with Crippen LogP contribution in [0.15, 0.2) is 46.7 Å². The van der Waals surface area contributed by atoms with Gasteiger partial charge in [-0.15, -0.1) is 0 Å². The number of aromatic nitrogens is 1. The molecule has 0 saturated carbocycles. The average molecular weight is 509 g/mol. The largest absolute Gasteiger partial charge is 0.369 e. The van der Waals surface area contributed by atoms with E-state index in [4.69, 9.17) is 5.73 Å². The maximum atomic E-state index is 14.1. The Labute approximate surface area is 197 Å². The molecule has 1 unspecified atom stereocenters. The van der Waals surface area contributed by atoms with E-state index < -0.39 is 43.8 Å². The first-order chi connectivity index (χ1) is 16.0. The quantitative estimate of drug-likeness (QED) is 0.509. The van der Waals surface area contributed by atoms with Gasteiger partial charge in [-0.2, -0.15) is 8.42 Å². The number of benzene rings is 2. The summed E-state index contributed by atoms with van der Waals surface area (Å²) in [5.74, 6) is -2.70. The molecule has 2 aromatic carbocycles. The first-order valence-corrected chi connectivity index (χ1v) is 12.1. The highest BCUT2D eigenvalue weighted by atomic mass is 32.3. The number of nitrogens with two attached hydrogens (primary N) is 1. The Morgan fingerprint density at radius 1 is 1.15 bits per heavy atom. The molecule has 0 bridgehead atoms. The van der Waals surface area contributed by atoms with Crippen LogP contribution in [0.5, 0.6) is 0 Å². The highest BCUT2D eigenvalue weighted by Gasteiger charge is 2.38. The van der Waals surface area contributed by atoms with E-state index in [0.29, 0.717) is 22.6 Å². The van der Waals surface area contributed by atoms with E-state index in [2.05, 4.69) is 4.98 Å². The summed E-state index contributed by atoms with van der Waals surface area (Å²) < 4.78 is 59.8. The number of amides is 3. The van der Waals surface area contributed by atoms with Crippen LogP contribution in [0.1, 0.15) is 5.69 Å². The molecule has 3 N–H and O–H groups in total. The zero-order chi connectivity index (χ0) is 24.8. The van der Waals surface area contributed by atoms with Crippen molar-refractivity contribution in [3.05, 3.63) is 59.8 Å². The van der Waals surface area contributed by atoms with Gasteiger partial charge in [0.1, 0.15) is 11.6 Å². The van der Waals surface area contributed by atoms with Gasteiger partial charge in [0.2, 0.25) is 5.91 Å². The smallest absolute Gasteiger partial charge is 0.330 e. The Hall–Kier alpha value is -3.42. The normalized spacial score (nSPS) is 16.7. The fraction of sp³-hybridized carbons (Fsp3) is 0.190. The van der Waals surface area contributed by atoms with Crippen molar-refractivity contribution < 1.29 is 31.3 Å². The van der Waals surface area contributed by atoms with E-state index >= 15 is 0 Å². The van der Waals surface area contributed by atoms with Crippen molar-refractivity contribution in [2.75, 3.05) is 22.9 Å². The number of hydrogen-bond donors (Lipinski definition) is 2. The lowest BCUT2D eigenvalue weighted by Gasteiger charge is -2.37. The molecular formula is C21H18F2N4O5S2. The standard InChI is InChI=1S/C21H18F2N4O5S2/c1-11-19(34(30,31)32)33-20(25-11)27-10-13(18(24)28)9-26(21(27)29)15-5-2-12(3-6-15)16-8-14(22)4-7-17(16)23/h2-8,13H,9-10H2,1H3,(H2,24,28)(H,30,31,32). The second-order valence-corrected chi connectivity index (χ2v) is 10.2. The minimum absolute atomic E-state index is 0.00419. The molecule has 1 aliphatic heterocycles. The lowest BCUT2D eigenvalue weighted by Crippen LogP contribution is -2.56. The van der Waals surface area contributed by atoms with E-state index in [1.807, 2.05) is 0 Å². The average Bonchev–Trinajstić information content (AvgIpc) is 3.17. The van der Waals surface area contributed by atoms with Gasteiger partial charge >= 0.3 is 16.1 Å². The maximum Gasteiger partial charge on any atom is 0.330 e.